The molecule has 1 aromatic carbocycles. The summed E-state index contributed by atoms with van der Waals surface area (Å²) in [7, 11) is -3.53. The zero-order chi connectivity index (χ0) is 14.8. The molecule has 0 radical (unpaired) electrons. The van der Waals surface area contributed by atoms with Gasteiger partial charge in [-0.15, -0.1) is 0 Å². The SMILES string of the molecule is CC1(NS(=O)(=O)c2cc(CN)ccc2Br)CCCCC1. The van der Waals surface area contributed by atoms with E-state index in [1.54, 1.807) is 12.1 Å². The summed E-state index contributed by atoms with van der Waals surface area (Å²) in [4.78, 5) is 0.271. The van der Waals surface area contributed by atoms with Gasteiger partial charge in [-0.25, -0.2) is 13.1 Å². The predicted octanol–water partition coefficient (Wildman–Crippen LogP) is 2.91. The van der Waals surface area contributed by atoms with Gasteiger partial charge >= 0.3 is 0 Å². The Hall–Kier alpha value is -0.430. The summed E-state index contributed by atoms with van der Waals surface area (Å²) in [6.45, 7) is 2.32. The van der Waals surface area contributed by atoms with Crippen molar-refractivity contribution in [3.8, 4) is 0 Å². The Morgan fingerprint density at radius 2 is 1.95 bits per heavy atom. The number of rotatable bonds is 4. The van der Waals surface area contributed by atoms with Gasteiger partial charge in [0, 0.05) is 16.6 Å². The molecule has 1 aromatic rings. The normalized spacial score (nSPS) is 18.9. The summed E-state index contributed by atoms with van der Waals surface area (Å²) in [5.41, 5.74) is 6.06. The number of nitrogens with one attached hydrogen (secondary N) is 1. The van der Waals surface area contributed by atoms with Gasteiger partial charge in [-0.05, 0) is 53.4 Å². The van der Waals surface area contributed by atoms with Gasteiger partial charge in [-0.1, -0.05) is 25.3 Å². The van der Waals surface area contributed by atoms with Crippen molar-refractivity contribution in [2.45, 2.75) is 56.0 Å². The highest BCUT2D eigenvalue weighted by atomic mass is 79.9. The Morgan fingerprint density at radius 1 is 1.30 bits per heavy atom. The molecule has 4 nitrogen and oxygen atoms in total. The van der Waals surface area contributed by atoms with E-state index in [0.29, 0.717) is 11.0 Å². The minimum absolute atomic E-state index is 0.271. The lowest BCUT2D eigenvalue weighted by atomic mass is 9.84. The Morgan fingerprint density at radius 3 is 2.55 bits per heavy atom. The van der Waals surface area contributed by atoms with Crippen molar-refractivity contribution in [3.63, 3.8) is 0 Å². The Balaban J connectivity index is 2.30. The van der Waals surface area contributed by atoms with Crippen LogP contribution in [0.4, 0.5) is 0 Å². The van der Waals surface area contributed by atoms with Gasteiger partial charge in [0.15, 0.2) is 0 Å². The topological polar surface area (TPSA) is 72.2 Å². The lowest BCUT2D eigenvalue weighted by Crippen LogP contribution is -2.47. The molecule has 20 heavy (non-hydrogen) atoms. The van der Waals surface area contributed by atoms with E-state index in [4.69, 9.17) is 5.73 Å². The summed E-state index contributed by atoms with van der Waals surface area (Å²) in [6, 6.07) is 5.20. The van der Waals surface area contributed by atoms with E-state index < -0.39 is 10.0 Å². The molecular formula is C14H21BrN2O2S. The molecule has 0 atom stereocenters. The number of hydrogen-bond donors (Lipinski definition) is 2. The lowest BCUT2D eigenvalue weighted by Gasteiger charge is -2.34. The monoisotopic (exact) mass is 360 g/mol. The van der Waals surface area contributed by atoms with Gasteiger partial charge in [0.25, 0.3) is 0 Å². The summed E-state index contributed by atoms with van der Waals surface area (Å²) < 4.78 is 28.7. The first-order chi connectivity index (χ1) is 9.36. The zero-order valence-corrected chi connectivity index (χ0v) is 14.1. The maximum atomic E-state index is 12.6. The molecule has 0 spiro atoms. The zero-order valence-electron chi connectivity index (χ0n) is 11.7. The fourth-order valence-electron chi connectivity index (χ4n) is 2.69. The highest BCUT2D eigenvalue weighted by Gasteiger charge is 2.32. The number of sulfonamides is 1. The molecule has 0 aliphatic heterocycles. The van der Waals surface area contributed by atoms with E-state index in [2.05, 4.69) is 20.7 Å². The molecule has 3 N–H and O–H groups in total. The second kappa shape index (κ2) is 6.13. The van der Waals surface area contributed by atoms with Crippen molar-refractivity contribution in [2.24, 2.45) is 5.73 Å². The van der Waals surface area contributed by atoms with Gasteiger partial charge in [0.1, 0.15) is 0 Å². The Kier molecular flexibility index (Phi) is 4.89. The summed E-state index contributed by atoms with van der Waals surface area (Å²) in [5.74, 6) is 0. The molecule has 0 heterocycles. The first-order valence-corrected chi connectivity index (χ1v) is 9.16. The third-order valence-corrected chi connectivity index (χ3v) is 6.49. The van der Waals surface area contributed by atoms with Crippen molar-refractivity contribution in [1.82, 2.24) is 4.72 Å². The fraction of sp³-hybridized carbons (Fsp3) is 0.571. The van der Waals surface area contributed by atoms with Gasteiger partial charge in [-0.3, -0.25) is 0 Å². The van der Waals surface area contributed by atoms with Crippen molar-refractivity contribution < 1.29 is 8.42 Å². The molecule has 2 rings (SSSR count). The first kappa shape index (κ1) is 15.9. The average Bonchev–Trinajstić information content (AvgIpc) is 2.38. The molecule has 112 valence electrons. The third kappa shape index (κ3) is 3.61. The molecule has 0 unspecified atom stereocenters. The number of benzene rings is 1. The molecule has 0 saturated heterocycles. The van der Waals surface area contributed by atoms with E-state index in [1.807, 2.05) is 13.0 Å². The molecular weight excluding hydrogens is 340 g/mol. The van der Waals surface area contributed by atoms with E-state index >= 15 is 0 Å². The highest BCUT2D eigenvalue weighted by molar-refractivity contribution is 9.10. The maximum absolute atomic E-state index is 12.6. The summed E-state index contributed by atoms with van der Waals surface area (Å²) >= 11 is 3.32. The molecule has 0 aromatic heterocycles. The van der Waals surface area contributed by atoms with Crippen LogP contribution in [0.1, 0.15) is 44.6 Å². The van der Waals surface area contributed by atoms with Crippen LogP contribution in [-0.4, -0.2) is 14.0 Å². The van der Waals surface area contributed by atoms with Crippen molar-refractivity contribution in [3.05, 3.63) is 28.2 Å². The Bertz CT molecular complexity index is 581. The first-order valence-electron chi connectivity index (χ1n) is 6.89. The molecule has 1 aliphatic rings. The maximum Gasteiger partial charge on any atom is 0.242 e. The molecule has 0 amide bonds. The molecule has 1 saturated carbocycles. The Labute approximate surface area is 129 Å². The van der Waals surface area contributed by atoms with Crippen LogP contribution in [0.3, 0.4) is 0 Å². The lowest BCUT2D eigenvalue weighted by molar-refractivity contribution is 0.294. The van der Waals surface area contributed by atoms with Gasteiger partial charge in [0.05, 0.1) is 4.90 Å². The highest BCUT2D eigenvalue weighted by Crippen LogP contribution is 2.31. The van der Waals surface area contributed by atoms with Crippen LogP contribution in [0, 0.1) is 0 Å². The number of hydrogen-bond acceptors (Lipinski definition) is 3. The van der Waals surface area contributed by atoms with Crippen LogP contribution >= 0.6 is 15.9 Å². The largest absolute Gasteiger partial charge is 0.326 e. The number of nitrogens with two attached hydrogens (primary N) is 1. The fourth-order valence-corrected chi connectivity index (χ4v) is 5.17. The smallest absolute Gasteiger partial charge is 0.242 e. The second-order valence-electron chi connectivity index (χ2n) is 5.70. The van der Waals surface area contributed by atoms with Crippen LogP contribution in [0.25, 0.3) is 0 Å². The van der Waals surface area contributed by atoms with Crippen molar-refractivity contribution in [1.29, 1.82) is 0 Å². The van der Waals surface area contributed by atoms with E-state index in [-0.39, 0.29) is 10.4 Å². The third-order valence-electron chi connectivity index (χ3n) is 3.86. The van der Waals surface area contributed by atoms with Crippen molar-refractivity contribution in [2.75, 3.05) is 0 Å². The predicted molar refractivity (Wildman–Crippen MR) is 83.8 cm³/mol. The van der Waals surface area contributed by atoms with Crippen LogP contribution in [0.15, 0.2) is 27.6 Å². The molecule has 0 bridgehead atoms. The minimum atomic E-state index is -3.53. The van der Waals surface area contributed by atoms with Crippen LogP contribution in [0.2, 0.25) is 0 Å². The molecule has 1 fully saturated rings. The molecule has 1 aliphatic carbocycles. The summed E-state index contributed by atoms with van der Waals surface area (Å²) in [5, 5.41) is 0. The number of halogens is 1. The van der Waals surface area contributed by atoms with E-state index in [1.165, 1.54) is 6.42 Å². The second-order valence-corrected chi connectivity index (χ2v) is 8.20. The average molecular weight is 361 g/mol. The molecule has 6 heteroatoms. The van der Waals surface area contributed by atoms with E-state index in [0.717, 1.165) is 31.2 Å². The minimum Gasteiger partial charge on any atom is -0.326 e. The van der Waals surface area contributed by atoms with Gasteiger partial charge in [-0.2, -0.15) is 0 Å². The quantitative estimate of drug-likeness (QED) is 0.866. The van der Waals surface area contributed by atoms with Gasteiger partial charge in [0.2, 0.25) is 10.0 Å². The van der Waals surface area contributed by atoms with Crippen LogP contribution in [0.5, 0.6) is 0 Å². The van der Waals surface area contributed by atoms with E-state index in [9.17, 15) is 8.42 Å². The standard InChI is InChI=1S/C14H21BrN2O2S/c1-14(7-3-2-4-8-14)17-20(18,19)13-9-11(10-16)5-6-12(13)15/h5-6,9,17H,2-4,7-8,10,16H2,1H3. The summed E-state index contributed by atoms with van der Waals surface area (Å²) in [6.07, 6.45) is 5.11. The van der Waals surface area contributed by atoms with Crippen molar-refractivity contribution >= 4 is 26.0 Å². The van der Waals surface area contributed by atoms with Crippen LogP contribution < -0.4 is 10.5 Å². The van der Waals surface area contributed by atoms with Crippen LogP contribution in [-0.2, 0) is 16.6 Å². The van der Waals surface area contributed by atoms with Gasteiger partial charge < -0.3 is 5.73 Å².